The van der Waals surface area contributed by atoms with Crippen LogP contribution in [0, 0.1) is 0 Å². The van der Waals surface area contributed by atoms with E-state index in [4.69, 9.17) is 10.2 Å². The zero-order chi connectivity index (χ0) is 11.7. The zero-order valence-electron chi connectivity index (χ0n) is 9.19. The first-order valence-corrected chi connectivity index (χ1v) is 4.99. The molecule has 16 heavy (non-hydrogen) atoms. The van der Waals surface area contributed by atoms with E-state index in [9.17, 15) is 4.79 Å². The molecule has 0 saturated carbocycles. The number of esters is 1. The van der Waals surface area contributed by atoms with E-state index in [0.717, 1.165) is 10.9 Å². The molecule has 84 valence electrons. The molecule has 0 aliphatic rings. The Balaban J connectivity index is 2.50. The number of rotatable bonds is 2. The van der Waals surface area contributed by atoms with Gasteiger partial charge < -0.3 is 14.9 Å². The Labute approximate surface area is 93.0 Å². The summed E-state index contributed by atoms with van der Waals surface area (Å²) >= 11 is 0. The number of hydrogen-bond acceptors (Lipinski definition) is 4. The van der Waals surface area contributed by atoms with E-state index < -0.39 is 5.97 Å². The Morgan fingerprint density at radius 1 is 1.44 bits per heavy atom. The highest BCUT2D eigenvalue weighted by atomic mass is 16.5. The number of nitrogens with two attached hydrogens (primary N) is 1. The van der Waals surface area contributed by atoms with Crippen LogP contribution < -0.4 is 5.73 Å². The highest BCUT2D eigenvalue weighted by Crippen LogP contribution is 2.23. The Morgan fingerprint density at radius 3 is 2.81 bits per heavy atom. The quantitative estimate of drug-likeness (QED) is 0.786. The van der Waals surface area contributed by atoms with Crippen molar-refractivity contribution in [3.8, 4) is 0 Å². The third kappa shape index (κ3) is 1.79. The Kier molecular flexibility index (Phi) is 2.66. The minimum absolute atomic E-state index is 0.0409. The van der Waals surface area contributed by atoms with E-state index in [1.807, 2.05) is 19.1 Å². The van der Waals surface area contributed by atoms with Crippen LogP contribution in [0.2, 0.25) is 0 Å². The van der Waals surface area contributed by atoms with E-state index in [1.54, 1.807) is 12.1 Å². The molecular weight excluding hydrogens is 206 g/mol. The molecule has 1 aromatic heterocycles. The third-order valence-corrected chi connectivity index (χ3v) is 2.45. The van der Waals surface area contributed by atoms with Gasteiger partial charge in [0.15, 0.2) is 0 Å². The second-order valence-electron chi connectivity index (χ2n) is 3.69. The van der Waals surface area contributed by atoms with Crippen molar-refractivity contribution in [2.75, 3.05) is 7.11 Å². The van der Waals surface area contributed by atoms with Gasteiger partial charge in [0.1, 0.15) is 5.58 Å². The predicted molar refractivity (Wildman–Crippen MR) is 60.2 cm³/mol. The molecule has 2 aromatic rings. The van der Waals surface area contributed by atoms with Crippen molar-refractivity contribution in [2.24, 2.45) is 5.73 Å². The number of hydrogen-bond donors (Lipinski definition) is 1. The number of carbonyl (C=O) groups excluding carboxylic acids is 1. The number of methoxy groups -OCH3 is 1. The van der Waals surface area contributed by atoms with Crippen molar-refractivity contribution in [3.63, 3.8) is 0 Å². The first kappa shape index (κ1) is 10.7. The Bertz CT molecular complexity index is 528. The summed E-state index contributed by atoms with van der Waals surface area (Å²) < 4.78 is 9.93. The number of carbonyl (C=O) groups is 1. The van der Waals surface area contributed by atoms with Crippen LogP contribution in [0.5, 0.6) is 0 Å². The van der Waals surface area contributed by atoms with Gasteiger partial charge in [-0.2, -0.15) is 0 Å². The summed E-state index contributed by atoms with van der Waals surface area (Å²) in [4.78, 5) is 11.3. The standard InChI is InChI=1S/C12H13NO3/c1-7(13)8-3-4-10-9(5-8)6-11(16-10)12(14)15-2/h3-7H,13H2,1-2H3. The van der Waals surface area contributed by atoms with Gasteiger partial charge in [0.25, 0.3) is 0 Å². The lowest BCUT2D eigenvalue weighted by atomic mass is 10.1. The highest BCUT2D eigenvalue weighted by Gasteiger charge is 2.12. The molecule has 1 aromatic carbocycles. The third-order valence-electron chi connectivity index (χ3n) is 2.45. The van der Waals surface area contributed by atoms with Crippen LogP contribution in [-0.2, 0) is 4.74 Å². The van der Waals surface area contributed by atoms with Crippen LogP contribution in [0.25, 0.3) is 11.0 Å². The Hall–Kier alpha value is -1.81. The van der Waals surface area contributed by atoms with Crippen molar-refractivity contribution in [3.05, 3.63) is 35.6 Å². The molecule has 0 radical (unpaired) electrons. The number of ether oxygens (including phenoxy) is 1. The van der Waals surface area contributed by atoms with E-state index in [1.165, 1.54) is 7.11 Å². The summed E-state index contributed by atoms with van der Waals surface area (Å²) in [5.74, 6) is -0.266. The second kappa shape index (κ2) is 3.98. The maximum atomic E-state index is 11.3. The largest absolute Gasteiger partial charge is 0.463 e. The number of fused-ring (bicyclic) bond motifs is 1. The van der Waals surface area contributed by atoms with Crippen molar-refractivity contribution in [1.82, 2.24) is 0 Å². The fraction of sp³-hybridized carbons (Fsp3) is 0.250. The van der Waals surface area contributed by atoms with Crippen molar-refractivity contribution >= 4 is 16.9 Å². The summed E-state index contributed by atoms with van der Waals surface area (Å²) in [5, 5.41) is 0.857. The monoisotopic (exact) mass is 219 g/mol. The van der Waals surface area contributed by atoms with Crippen LogP contribution in [0.4, 0.5) is 0 Å². The second-order valence-corrected chi connectivity index (χ2v) is 3.69. The van der Waals surface area contributed by atoms with E-state index in [2.05, 4.69) is 4.74 Å². The lowest BCUT2D eigenvalue weighted by Crippen LogP contribution is -2.03. The van der Waals surface area contributed by atoms with Gasteiger partial charge in [-0.3, -0.25) is 0 Å². The van der Waals surface area contributed by atoms with Gasteiger partial charge in [0.05, 0.1) is 7.11 Å². The van der Waals surface area contributed by atoms with E-state index in [0.29, 0.717) is 5.58 Å². The number of benzene rings is 1. The SMILES string of the molecule is COC(=O)c1cc2cc(C(C)N)ccc2o1. The van der Waals surface area contributed by atoms with Gasteiger partial charge >= 0.3 is 5.97 Å². The number of furan rings is 1. The Morgan fingerprint density at radius 2 is 2.19 bits per heavy atom. The summed E-state index contributed by atoms with van der Waals surface area (Å²) in [6.45, 7) is 1.91. The van der Waals surface area contributed by atoms with Crippen molar-refractivity contribution in [2.45, 2.75) is 13.0 Å². The predicted octanol–water partition coefficient (Wildman–Crippen LogP) is 2.24. The molecule has 0 bridgehead atoms. The summed E-state index contributed by atoms with van der Waals surface area (Å²) in [5.41, 5.74) is 7.44. The van der Waals surface area contributed by atoms with Gasteiger partial charge in [0, 0.05) is 11.4 Å². The van der Waals surface area contributed by atoms with Crippen LogP contribution in [-0.4, -0.2) is 13.1 Å². The normalized spacial score (nSPS) is 12.7. The average Bonchev–Trinajstić information content (AvgIpc) is 2.70. The van der Waals surface area contributed by atoms with E-state index in [-0.39, 0.29) is 11.8 Å². The molecule has 0 aliphatic heterocycles. The minimum Gasteiger partial charge on any atom is -0.463 e. The first-order chi connectivity index (χ1) is 7.61. The van der Waals surface area contributed by atoms with Crippen molar-refractivity contribution < 1.29 is 13.9 Å². The summed E-state index contributed by atoms with van der Waals surface area (Å²) in [6.07, 6.45) is 0. The van der Waals surface area contributed by atoms with Gasteiger partial charge in [0.2, 0.25) is 5.76 Å². The fourth-order valence-corrected chi connectivity index (χ4v) is 1.55. The maximum Gasteiger partial charge on any atom is 0.373 e. The summed E-state index contributed by atoms with van der Waals surface area (Å²) in [7, 11) is 1.32. The van der Waals surface area contributed by atoms with Gasteiger partial charge in [-0.1, -0.05) is 6.07 Å². The molecule has 1 unspecified atom stereocenters. The van der Waals surface area contributed by atoms with E-state index >= 15 is 0 Å². The molecular formula is C12H13NO3. The van der Waals surface area contributed by atoms with Gasteiger partial charge in [-0.25, -0.2) is 4.79 Å². The zero-order valence-corrected chi connectivity index (χ0v) is 9.19. The highest BCUT2D eigenvalue weighted by molar-refractivity contribution is 5.92. The molecule has 0 amide bonds. The molecule has 1 atom stereocenters. The first-order valence-electron chi connectivity index (χ1n) is 4.99. The average molecular weight is 219 g/mol. The molecule has 0 spiro atoms. The molecule has 2 N–H and O–H groups in total. The lowest BCUT2D eigenvalue weighted by Gasteiger charge is -2.03. The molecule has 0 saturated heterocycles. The molecule has 0 aliphatic carbocycles. The molecule has 4 nitrogen and oxygen atoms in total. The fourth-order valence-electron chi connectivity index (χ4n) is 1.55. The molecule has 4 heteroatoms. The maximum absolute atomic E-state index is 11.3. The molecule has 0 fully saturated rings. The van der Waals surface area contributed by atoms with Crippen LogP contribution in [0.3, 0.4) is 0 Å². The van der Waals surface area contributed by atoms with Gasteiger partial charge in [-0.05, 0) is 30.7 Å². The topological polar surface area (TPSA) is 65.5 Å². The molecule has 2 rings (SSSR count). The van der Waals surface area contributed by atoms with Crippen LogP contribution >= 0.6 is 0 Å². The van der Waals surface area contributed by atoms with Crippen LogP contribution in [0.1, 0.15) is 29.1 Å². The molecule has 1 heterocycles. The smallest absolute Gasteiger partial charge is 0.373 e. The summed E-state index contributed by atoms with van der Waals surface area (Å²) in [6, 6.07) is 7.22. The van der Waals surface area contributed by atoms with Gasteiger partial charge in [-0.15, -0.1) is 0 Å². The lowest BCUT2D eigenvalue weighted by molar-refractivity contribution is 0.0567. The van der Waals surface area contributed by atoms with Crippen molar-refractivity contribution in [1.29, 1.82) is 0 Å². The minimum atomic E-state index is -0.474. The van der Waals surface area contributed by atoms with Crippen LogP contribution in [0.15, 0.2) is 28.7 Å².